The molecule has 0 radical (unpaired) electrons. The van der Waals surface area contributed by atoms with Crippen LogP contribution in [0, 0.1) is 0 Å². The van der Waals surface area contributed by atoms with E-state index in [1.807, 2.05) is 17.0 Å². The fourth-order valence-electron chi connectivity index (χ4n) is 4.70. The van der Waals surface area contributed by atoms with Gasteiger partial charge in [-0.3, -0.25) is 4.79 Å². The quantitative estimate of drug-likeness (QED) is 0.689. The number of rotatable bonds is 5. The highest BCUT2D eigenvalue weighted by Crippen LogP contribution is 2.36. The maximum atomic E-state index is 12.6. The van der Waals surface area contributed by atoms with Gasteiger partial charge in [-0.15, -0.1) is 0 Å². The van der Waals surface area contributed by atoms with E-state index in [0.29, 0.717) is 56.1 Å². The number of anilines is 2. The molecule has 9 nitrogen and oxygen atoms in total. The van der Waals surface area contributed by atoms with Crippen molar-refractivity contribution in [2.75, 3.05) is 50.5 Å². The molecule has 33 heavy (non-hydrogen) atoms. The molecule has 3 aliphatic rings. The van der Waals surface area contributed by atoms with Gasteiger partial charge in [0.1, 0.15) is 18.0 Å². The molecule has 1 aromatic heterocycles. The molecule has 5 rings (SSSR count). The molecule has 0 saturated carbocycles. The van der Waals surface area contributed by atoms with E-state index in [-0.39, 0.29) is 18.1 Å². The van der Waals surface area contributed by atoms with Gasteiger partial charge in [-0.25, -0.2) is 4.98 Å². The second kappa shape index (κ2) is 9.43. The fourth-order valence-corrected chi connectivity index (χ4v) is 4.70. The minimum absolute atomic E-state index is 0.0949. The Hall–Kier alpha value is -3.07. The number of carbonyl (C=O) groups is 1. The van der Waals surface area contributed by atoms with E-state index in [1.54, 1.807) is 7.11 Å². The third kappa shape index (κ3) is 4.55. The van der Waals surface area contributed by atoms with Gasteiger partial charge in [0, 0.05) is 50.7 Å². The van der Waals surface area contributed by atoms with Crippen molar-refractivity contribution in [3.63, 3.8) is 0 Å². The van der Waals surface area contributed by atoms with Crippen LogP contribution in [0.1, 0.15) is 32.1 Å². The molecule has 176 valence electrons. The maximum Gasteiger partial charge on any atom is 0.251 e. The summed E-state index contributed by atoms with van der Waals surface area (Å²) < 4.78 is 17.4. The van der Waals surface area contributed by atoms with Crippen LogP contribution in [0.3, 0.4) is 0 Å². The van der Waals surface area contributed by atoms with Gasteiger partial charge < -0.3 is 29.7 Å². The summed E-state index contributed by atoms with van der Waals surface area (Å²) in [5.41, 5.74) is 7.04. The van der Waals surface area contributed by atoms with Crippen LogP contribution >= 0.6 is 0 Å². The predicted molar refractivity (Wildman–Crippen MR) is 126 cm³/mol. The molecule has 3 heterocycles. The molecule has 1 amide bonds. The number of nitrogens with zero attached hydrogens (tertiary/aromatic N) is 4. The van der Waals surface area contributed by atoms with E-state index in [1.165, 1.54) is 0 Å². The number of hydrogen-bond acceptors (Lipinski definition) is 8. The van der Waals surface area contributed by atoms with E-state index < -0.39 is 0 Å². The smallest absolute Gasteiger partial charge is 0.251 e. The Morgan fingerprint density at radius 1 is 1.12 bits per heavy atom. The lowest BCUT2D eigenvalue weighted by Crippen LogP contribution is -2.51. The molecular weight excluding hydrogens is 422 g/mol. The minimum atomic E-state index is -0.280. The number of allylic oxidation sites excluding steroid dienone is 1. The second-order valence-electron chi connectivity index (χ2n) is 8.77. The van der Waals surface area contributed by atoms with Crippen LogP contribution in [0.4, 0.5) is 11.8 Å². The third-order valence-corrected chi connectivity index (χ3v) is 6.59. The molecular formula is C24H31N5O4. The van der Waals surface area contributed by atoms with Gasteiger partial charge in [-0.2, -0.15) is 4.98 Å². The Morgan fingerprint density at radius 2 is 1.97 bits per heavy atom. The van der Waals surface area contributed by atoms with Gasteiger partial charge in [0.25, 0.3) is 5.91 Å². The Bertz CT molecular complexity index is 1040. The summed E-state index contributed by atoms with van der Waals surface area (Å²) in [6, 6.07) is 3.74. The largest absolute Gasteiger partial charge is 0.493 e. The summed E-state index contributed by atoms with van der Waals surface area (Å²) in [6.45, 7) is 3.21. The molecule has 2 unspecified atom stereocenters. The Kier molecular flexibility index (Phi) is 6.22. The number of hydrogen-bond donors (Lipinski definition) is 1. The average Bonchev–Trinajstić information content (AvgIpc) is 3.39. The summed E-state index contributed by atoms with van der Waals surface area (Å²) in [7, 11) is 1.62. The highest BCUT2D eigenvalue weighted by atomic mass is 16.5. The van der Waals surface area contributed by atoms with Crippen LogP contribution in [0.5, 0.6) is 11.5 Å². The second-order valence-corrected chi connectivity index (χ2v) is 8.77. The van der Waals surface area contributed by atoms with E-state index in [2.05, 4.69) is 22.0 Å². The lowest BCUT2D eigenvalue weighted by atomic mass is 10.0. The van der Waals surface area contributed by atoms with Gasteiger partial charge in [0.05, 0.1) is 12.6 Å². The SMILES string of the molecule is COc1cc2c(N)nc(N3CCN(C(=O)C4CCCO4)CC3)nc2cc1OC1CC=CCC1. The first kappa shape index (κ1) is 21.8. The summed E-state index contributed by atoms with van der Waals surface area (Å²) >= 11 is 0. The van der Waals surface area contributed by atoms with E-state index >= 15 is 0 Å². The topological polar surface area (TPSA) is 103 Å². The number of nitrogens with two attached hydrogens (primary N) is 1. The number of nitrogen functional groups attached to an aromatic ring is 1. The van der Waals surface area contributed by atoms with Crippen LogP contribution in [0.2, 0.25) is 0 Å². The molecule has 1 aromatic carbocycles. The van der Waals surface area contributed by atoms with Gasteiger partial charge in [-0.1, -0.05) is 12.2 Å². The van der Waals surface area contributed by atoms with Gasteiger partial charge in [0.2, 0.25) is 5.95 Å². The number of carbonyl (C=O) groups excluding carboxylic acids is 1. The van der Waals surface area contributed by atoms with E-state index in [0.717, 1.165) is 43.0 Å². The standard InChI is InChI=1S/C24H31N5O4/c1-31-20-14-17-18(15-21(20)33-16-6-3-2-4-7-16)26-24(27-22(17)25)29-11-9-28(10-12-29)23(30)19-8-5-13-32-19/h2-3,14-16,19H,4-13H2,1H3,(H2,25,26,27). The Labute approximate surface area is 193 Å². The van der Waals surface area contributed by atoms with Crippen LogP contribution in [0.25, 0.3) is 10.9 Å². The molecule has 2 aliphatic heterocycles. The highest BCUT2D eigenvalue weighted by molar-refractivity contribution is 5.91. The van der Waals surface area contributed by atoms with Crippen LogP contribution < -0.4 is 20.1 Å². The number of aromatic nitrogens is 2. The first-order chi connectivity index (χ1) is 16.1. The number of piperazine rings is 1. The zero-order chi connectivity index (χ0) is 22.8. The lowest BCUT2D eigenvalue weighted by Gasteiger charge is -2.35. The summed E-state index contributed by atoms with van der Waals surface area (Å²) in [4.78, 5) is 25.9. The molecule has 2 N–H and O–H groups in total. The number of methoxy groups -OCH3 is 1. The fraction of sp³-hybridized carbons (Fsp3) is 0.542. The molecule has 0 bridgehead atoms. The highest BCUT2D eigenvalue weighted by Gasteiger charge is 2.31. The number of benzene rings is 1. The molecule has 2 saturated heterocycles. The normalized spacial score (nSPS) is 23.2. The molecule has 1 aliphatic carbocycles. The van der Waals surface area contributed by atoms with Crippen molar-refractivity contribution in [2.45, 2.75) is 44.3 Å². The van der Waals surface area contributed by atoms with Gasteiger partial charge in [-0.05, 0) is 31.7 Å². The van der Waals surface area contributed by atoms with Crippen molar-refractivity contribution >= 4 is 28.6 Å². The van der Waals surface area contributed by atoms with Crippen LogP contribution in [-0.4, -0.2) is 72.9 Å². The van der Waals surface area contributed by atoms with Crippen LogP contribution in [0.15, 0.2) is 24.3 Å². The Morgan fingerprint density at radius 3 is 2.67 bits per heavy atom. The van der Waals surface area contributed by atoms with Crippen molar-refractivity contribution in [1.29, 1.82) is 0 Å². The maximum absolute atomic E-state index is 12.6. The average molecular weight is 454 g/mol. The summed E-state index contributed by atoms with van der Waals surface area (Å²) in [6.07, 6.45) is 8.82. The van der Waals surface area contributed by atoms with Crippen molar-refractivity contribution in [3.05, 3.63) is 24.3 Å². The van der Waals surface area contributed by atoms with Crippen molar-refractivity contribution < 1.29 is 19.0 Å². The van der Waals surface area contributed by atoms with Gasteiger partial charge in [0.15, 0.2) is 11.5 Å². The van der Waals surface area contributed by atoms with Crippen LogP contribution in [-0.2, 0) is 9.53 Å². The zero-order valence-electron chi connectivity index (χ0n) is 19.0. The molecule has 2 atom stereocenters. The van der Waals surface area contributed by atoms with Crippen molar-refractivity contribution in [3.8, 4) is 11.5 Å². The third-order valence-electron chi connectivity index (χ3n) is 6.59. The summed E-state index contributed by atoms with van der Waals surface area (Å²) in [5, 5.41) is 0.735. The minimum Gasteiger partial charge on any atom is -0.493 e. The van der Waals surface area contributed by atoms with E-state index in [9.17, 15) is 4.79 Å². The number of ether oxygens (including phenoxy) is 3. The van der Waals surface area contributed by atoms with Crippen molar-refractivity contribution in [2.24, 2.45) is 0 Å². The Balaban J connectivity index is 1.34. The summed E-state index contributed by atoms with van der Waals surface area (Å²) in [5.74, 6) is 2.36. The predicted octanol–water partition coefficient (Wildman–Crippen LogP) is 2.54. The van der Waals surface area contributed by atoms with E-state index in [4.69, 9.17) is 24.9 Å². The van der Waals surface area contributed by atoms with Crippen molar-refractivity contribution in [1.82, 2.24) is 14.9 Å². The molecule has 9 heteroatoms. The first-order valence-corrected chi connectivity index (χ1v) is 11.7. The lowest BCUT2D eigenvalue weighted by molar-refractivity contribution is -0.141. The van der Waals surface area contributed by atoms with Gasteiger partial charge >= 0.3 is 0 Å². The number of fused-ring (bicyclic) bond motifs is 1. The first-order valence-electron chi connectivity index (χ1n) is 11.7. The molecule has 2 aromatic rings. The molecule has 0 spiro atoms. The number of amides is 1. The zero-order valence-corrected chi connectivity index (χ0v) is 19.0. The monoisotopic (exact) mass is 453 g/mol. The molecule has 2 fully saturated rings.